The van der Waals surface area contributed by atoms with Crippen molar-refractivity contribution < 1.29 is 31.4 Å². The largest absolute Gasteiger partial charge is 0.418 e. The summed E-state index contributed by atoms with van der Waals surface area (Å²) in [5.74, 6) is -0.445. The Bertz CT molecular complexity index is 399. The molecule has 0 saturated heterocycles. The lowest BCUT2D eigenvalue weighted by Gasteiger charge is -1.91. The molecule has 0 bridgehead atoms. The van der Waals surface area contributed by atoms with Gasteiger partial charge in [-0.05, 0) is 6.07 Å². The molecule has 0 N–H and O–H groups in total. The average molecular weight is 297 g/mol. The molecule has 62 valence electrons. The fourth-order valence-electron chi connectivity index (χ4n) is 1.01. The average Bonchev–Trinajstić information content (AvgIpc) is 2.30. The van der Waals surface area contributed by atoms with Gasteiger partial charge in [-0.1, -0.05) is 11.6 Å². The summed E-state index contributed by atoms with van der Waals surface area (Å²) in [5, 5.41) is 0.964. The van der Waals surface area contributed by atoms with E-state index in [9.17, 15) is 4.39 Å². The summed E-state index contributed by atoms with van der Waals surface area (Å²) in [6.45, 7) is 0. The van der Waals surface area contributed by atoms with E-state index in [1.807, 2.05) is 6.07 Å². The normalized spacial score (nSPS) is 10.9. The van der Waals surface area contributed by atoms with Crippen molar-refractivity contribution in [2.45, 2.75) is 0 Å². The van der Waals surface area contributed by atoms with Crippen LogP contribution in [-0.2, 0) is 0 Å². The van der Waals surface area contributed by atoms with E-state index in [0.717, 1.165) is 9.15 Å². The Morgan fingerprint density at radius 2 is 2.08 bits per heavy atom. The highest BCUT2D eigenvalue weighted by molar-refractivity contribution is 6.31. The molecule has 0 aliphatic heterocycles. The number of halogens is 3. The molecule has 0 aliphatic rings. The number of fused-ring (bicyclic) bond motifs is 1. The first-order valence-corrected chi connectivity index (χ1v) is 4.77. The van der Waals surface area contributed by atoms with Crippen molar-refractivity contribution in [3.05, 3.63) is 32.8 Å². The first-order chi connectivity index (χ1) is 5.66. The van der Waals surface area contributed by atoms with Crippen LogP contribution in [0.3, 0.4) is 0 Å². The summed E-state index contributed by atoms with van der Waals surface area (Å²) in [7, 11) is 0. The van der Waals surface area contributed by atoms with Gasteiger partial charge in [-0.2, -0.15) is 0 Å². The van der Waals surface area contributed by atoms with Crippen LogP contribution < -0.4 is 22.6 Å². The Balaban J connectivity index is 2.83. The van der Waals surface area contributed by atoms with E-state index in [-0.39, 0.29) is 5.02 Å². The van der Waals surface area contributed by atoms with Crippen LogP contribution in [0.2, 0.25) is 5.02 Å². The fourth-order valence-corrected chi connectivity index (χ4v) is 1.80. The lowest BCUT2D eigenvalue weighted by Crippen LogP contribution is -3.34. The van der Waals surface area contributed by atoms with Crippen molar-refractivity contribution in [1.82, 2.24) is 0 Å². The minimum atomic E-state index is -0.445. The zero-order valence-corrected chi connectivity index (χ0v) is 8.89. The van der Waals surface area contributed by atoms with E-state index in [1.54, 1.807) is 28.7 Å². The Morgan fingerprint density at radius 1 is 1.33 bits per heavy atom. The summed E-state index contributed by atoms with van der Waals surface area (Å²) in [6.07, 6.45) is 0. The molecule has 0 amide bonds. The van der Waals surface area contributed by atoms with Gasteiger partial charge >= 0.3 is 26.4 Å². The first kappa shape index (κ1) is 8.31. The highest BCUT2D eigenvalue weighted by Crippen LogP contribution is 2.23. The van der Waals surface area contributed by atoms with Crippen LogP contribution >= 0.6 is 11.6 Å². The second-order valence-corrected chi connectivity index (χ2v) is 3.93. The number of rotatable bonds is 0. The third-order valence-corrected chi connectivity index (χ3v) is 2.40. The molecule has 12 heavy (non-hydrogen) atoms. The van der Waals surface area contributed by atoms with Gasteiger partial charge in [0.1, 0.15) is 11.4 Å². The molecule has 1 heterocycles. The Morgan fingerprint density at radius 3 is 2.83 bits per heavy atom. The second kappa shape index (κ2) is 2.88. The van der Waals surface area contributed by atoms with Crippen LogP contribution in [0.4, 0.5) is 4.39 Å². The highest BCUT2D eigenvalue weighted by atomic mass is 127. The van der Waals surface area contributed by atoms with E-state index in [0.29, 0.717) is 5.58 Å². The van der Waals surface area contributed by atoms with Gasteiger partial charge in [0.25, 0.3) is 0 Å². The zero-order valence-electron chi connectivity index (χ0n) is 5.80. The molecule has 2 aromatic rings. The Hall–Kier alpha value is -0.290. The van der Waals surface area contributed by atoms with E-state index in [1.165, 1.54) is 6.07 Å². The van der Waals surface area contributed by atoms with Crippen LogP contribution in [0.25, 0.3) is 11.0 Å². The third kappa shape index (κ3) is 1.31. The van der Waals surface area contributed by atoms with E-state index in [2.05, 4.69) is 0 Å². The van der Waals surface area contributed by atoms with Crippen LogP contribution in [0.15, 0.2) is 22.6 Å². The molecule has 0 aliphatic carbocycles. The van der Waals surface area contributed by atoms with Gasteiger partial charge in [-0.25, -0.2) is 4.39 Å². The van der Waals surface area contributed by atoms with Crippen molar-refractivity contribution in [2.24, 2.45) is 0 Å². The molecule has 0 fully saturated rings. The van der Waals surface area contributed by atoms with Gasteiger partial charge in [0.15, 0.2) is 0 Å². The molecule has 0 saturated carbocycles. The molecule has 0 atom stereocenters. The van der Waals surface area contributed by atoms with Crippen molar-refractivity contribution >= 4 is 22.6 Å². The molecule has 4 heteroatoms. The molecule has 1 nitrogen and oxygen atoms in total. The van der Waals surface area contributed by atoms with Gasteiger partial charge < -0.3 is 4.42 Å². The quantitative estimate of drug-likeness (QED) is 0.608. The maximum absolute atomic E-state index is 12.9. The number of hydrogen-bond donors (Lipinski definition) is 0. The van der Waals surface area contributed by atoms with Gasteiger partial charge in [0.2, 0.25) is 0 Å². The van der Waals surface area contributed by atoms with Crippen LogP contribution in [0, 0.1) is 9.58 Å². The van der Waals surface area contributed by atoms with Gasteiger partial charge in [-0.15, -0.1) is 0 Å². The van der Waals surface area contributed by atoms with E-state index < -0.39 is 5.82 Å². The first-order valence-electron chi connectivity index (χ1n) is 3.22. The van der Waals surface area contributed by atoms with Crippen LogP contribution in [0.5, 0.6) is 0 Å². The third-order valence-electron chi connectivity index (χ3n) is 1.54. The fraction of sp³-hybridized carbons (Fsp3) is 0. The highest BCUT2D eigenvalue weighted by Gasteiger charge is 2.09. The minimum Gasteiger partial charge on any atom is -0.418 e. The molecular formula is C8H4ClFIO+. The van der Waals surface area contributed by atoms with E-state index in [4.69, 9.17) is 16.0 Å². The lowest BCUT2D eigenvalue weighted by atomic mass is 10.2. The van der Waals surface area contributed by atoms with Crippen LogP contribution in [0.1, 0.15) is 0 Å². The number of benzene rings is 1. The predicted molar refractivity (Wildman–Crippen MR) is 41.3 cm³/mol. The molecule has 2 rings (SSSR count). The van der Waals surface area contributed by atoms with Gasteiger partial charge in [0, 0.05) is 17.5 Å². The zero-order chi connectivity index (χ0) is 8.72. The summed E-state index contributed by atoms with van der Waals surface area (Å²) >= 11 is 7.32. The number of furan rings is 1. The molecule has 1 aromatic carbocycles. The maximum Gasteiger partial charge on any atom is 0.343 e. The Kier molecular flexibility index (Phi) is 2.00. The molecular weight excluding hydrogens is 293 g/mol. The predicted octanol–water partition coefficient (Wildman–Crippen LogP) is -0.320. The topological polar surface area (TPSA) is 13.1 Å². The lowest BCUT2D eigenvalue weighted by molar-refractivity contribution is -0.361. The SMILES string of the molecule is Fc1cc2oc([IH+])cc2cc1Cl. The summed E-state index contributed by atoms with van der Waals surface area (Å²) in [6, 6.07) is 4.68. The van der Waals surface area contributed by atoms with Crippen molar-refractivity contribution in [3.8, 4) is 0 Å². The minimum absolute atomic E-state index is 0.129. The molecule has 0 spiro atoms. The standard InChI is InChI=1S/C8H4ClFIO/c9-5-1-4-2-8(11)12-7(4)3-6(5)10/h1-3,11H/q+1. The van der Waals surface area contributed by atoms with Crippen LogP contribution in [-0.4, -0.2) is 0 Å². The molecule has 0 unspecified atom stereocenters. The van der Waals surface area contributed by atoms with Gasteiger partial charge in [-0.3, -0.25) is 0 Å². The van der Waals surface area contributed by atoms with Crippen molar-refractivity contribution in [3.63, 3.8) is 0 Å². The Labute approximate surface area is 86.6 Å². The second-order valence-electron chi connectivity index (χ2n) is 2.37. The van der Waals surface area contributed by atoms with E-state index >= 15 is 0 Å². The monoisotopic (exact) mass is 297 g/mol. The molecule has 1 aromatic heterocycles. The number of hydrogen-bond acceptors (Lipinski definition) is 1. The molecule has 0 radical (unpaired) electrons. The van der Waals surface area contributed by atoms with Crippen molar-refractivity contribution in [1.29, 1.82) is 0 Å². The van der Waals surface area contributed by atoms with Gasteiger partial charge in [0.05, 0.1) is 5.02 Å². The summed E-state index contributed by atoms with van der Waals surface area (Å²) < 4.78 is 18.8. The van der Waals surface area contributed by atoms with Crippen molar-refractivity contribution in [2.75, 3.05) is 0 Å². The summed E-state index contributed by atoms with van der Waals surface area (Å²) in [4.78, 5) is 0. The summed E-state index contributed by atoms with van der Waals surface area (Å²) in [5.41, 5.74) is 0.539. The maximum atomic E-state index is 12.9. The smallest absolute Gasteiger partial charge is 0.343 e.